The molecule has 0 saturated heterocycles. The van der Waals surface area contributed by atoms with Crippen molar-refractivity contribution in [2.45, 2.75) is 40.0 Å². The molecule has 0 N–H and O–H groups in total. The van der Waals surface area contributed by atoms with E-state index in [-0.39, 0.29) is 11.7 Å². The summed E-state index contributed by atoms with van der Waals surface area (Å²) in [5.41, 5.74) is 12.5. The van der Waals surface area contributed by atoms with Crippen LogP contribution >= 0.6 is 0 Å². The predicted molar refractivity (Wildman–Crippen MR) is 132 cm³/mol. The third kappa shape index (κ3) is 3.58. The average Bonchev–Trinajstić information content (AvgIpc) is 2.78. The second-order valence-electron chi connectivity index (χ2n) is 9.28. The topological polar surface area (TPSA) is 17.1 Å². The summed E-state index contributed by atoms with van der Waals surface area (Å²) in [6, 6.07) is 28.3. The first-order chi connectivity index (χ1) is 15.4. The zero-order valence-electron chi connectivity index (χ0n) is 19.2. The third-order valence-corrected chi connectivity index (χ3v) is 6.76. The Kier molecular flexibility index (Phi) is 5.06. The highest BCUT2D eigenvalue weighted by Crippen LogP contribution is 2.36. The molecule has 0 heterocycles. The normalized spacial score (nSPS) is 12.6. The van der Waals surface area contributed by atoms with Crippen LogP contribution in [0.15, 0.2) is 78.9 Å². The Morgan fingerprint density at radius 2 is 1.16 bits per heavy atom. The van der Waals surface area contributed by atoms with Gasteiger partial charge in [-0.05, 0) is 79.6 Å². The van der Waals surface area contributed by atoms with Gasteiger partial charge < -0.3 is 0 Å². The summed E-state index contributed by atoms with van der Waals surface area (Å²) in [7, 11) is 0. The molecule has 1 aliphatic carbocycles. The number of hydrogen-bond donors (Lipinski definition) is 0. The van der Waals surface area contributed by atoms with Crippen LogP contribution in [0.1, 0.15) is 71.9 Å². The second kappa shape index (κ2) is 7.91. The SMILES string of the molecule is Cc1ccc(C(c2ccc(C)cc2)c2ccc3c(c2)C(=O)c2cc(C)cc(C)c2C3)cc1. The van der Waals surface area contributed by atoms with Gasteiger partial charge in [0.15, 0.2) is 5.78 Å². The number of carbonyl (C=O) groups is 1. The second-order valence-corrected chi connectivity index (χ2v) is 9.28. The zero-order chi connectivity index (χ0) is 22.4. The van der Waals surface area contributed by atoms with E-state index in [1.807, 2.05) is 0 Å². The standard InChI is InChI=1S/C31H28O/c1-19-5-9-23(10-6-19)30(24-11-7-20(2)8-12-24)26-14-13-25-17-27-22(4)15-21(3)16-29(27)31(32)28(25)18-26/h5-16,18,30H,17H2,1-4H3. The van der Waals surface area contributed by atoms with Gasteiger partial charge in [-0.2, -0.15) is 0 Å². The van der Waals surface area contributed by atoms with E-state index >= 15 is 0 Å². The number of hydrogen-bond acceptors (Lipinski definition) is 1. The molecule has 1 nitrogen and oxygen atoms in total. The molecule has 4 aromatic rings. The lowest BCUT2D eigenvalue weighted by Crippen LogP contribution is -2.17. The predicted octanol–water partition coefficient (Wildman–Crippen LogP) is 7.24. The summed E-state index contributed by atoms with van der Waals surface area (Å²) in [6.07, 6.45) is 0.822. The van der Waals surface area contributed by atoms with Gasteiger partial charge in [-0.15, -0.1) is 0 Å². The van der Waals surface area contributed by atoms with E-state index in [0.29, 0.717) is 0 Å². The molecule has 32 heavy (non-hydrogen) atoms. The van der Waals surface area contributed by atoms with Gasteiger partial charge in [0.25, 0.3) is 0 Å². The van der Waals surface area contributed by atoms with E-state index in [0.717, 1.165) is 34.2 Å². The Morgan fingerprint density at radius 1 is 0.594 bits per heavy atom. The molecule has 0 saturated carbocycles. The number of rotatable bonds is 3. The first-order valence-electron chi connectivity index (χ1n) is 11.3. The minimum Gasteiger partial charge on any atom is -0.289 e. The first-order valence-corrected chi connectivity index (χ1v) is 11.3. The van der Waals surface area contributed by atoms with E-state index in [1.165, 1.54) is 33.4 Å². The van der Waals surface area contributed by atoms with Gasteiger partial charge in [0, 0.05) is 17.0 Å². The molecule has 4 aromatic carbocycles. The van der Waals surface area contributed by atoms with E-state index in [2.05, 4.69) is 107 Å². The quantitative estimate of drug-likeness (QED) is 0.283. The van der Waals surface area contributed by atoms with Crippen LogP contribution < -0.4 is 0 Å². The van der Waals surface area contributed by atoms with Crippen LogP contribution in [-0.4, -0.2) is 5.78 Å². The highest BCUT2D eigenvalue weighted by atomic mass is 16.1. The van der Waals surface area contributed by atoms with Crippen LogP contribution in [0.25, 0.3) is 0 Å². The number of benzene rings is 4. The summed E-state index contributed by atoms with van der Waals surface area (Å²) >= 11 is 0. The van der Waals surface area contributed by atoms with Crippen molar-refractivity contribution in [3.8, 4) is 0 Å². The molecule has 0 aromatic heterocycles. The molecule has 158 valence electrons. The van der Waals surface area contributed by atoms with Crippen LogP contribution in [0.2, 0.25) is 0 Å². The fraction of sp³-hybridized carbons (Fsp3) is 0.194. The average molecular weight is 417 g/mol. The highest BCUT2D eigenvalue weighted by molar-refractivity contribution is 6.12. The van der Waals surface area contributed by atoms with Crippen LogP contribution in [0.3, 0.4) is 0 Å². The van der Waals surface area contributed by atoms with Crippen LogP contribution in [0, 0.1) is 27.7 Å². The molecule has 5 rings (SSSR count). The largest absolute Gasteiger partial charge is 0.289 e. The Morgan fingerprint density at radius 3 is 1.75 bits per heavy atom. The molecule has 0 fully saturated rings. The van der Waals surface area contributed by atoms with Crippen molar-refractivity contribution in [2.24, 2.45) is 0 Å². The monoisotopic (exact) mass is 416 g/mol. The molecule has 0 atom stereocenters. The lowest BCUT2D eigenvalue weighted by Gasteiger charge is -2.24. The number of aryl methyl sites for hydroxylation is 4. The fourth-order valence-corrected chi connectivity index (χ4v) is 5.00. The minimum atomic E-state index is 0.0925. The maximum absolute atomic E-state index is 13.5. The van der Waals surface area contributed by atoms with Crippen molar-refractivity contribution in [3.05, 3.63) is 140 Å². The van der Waals surface area contributed by atoms with Crippen LogP contribution in [0.4, 0.5) is 0 Å². The van der Waals surface area contributed by atoms with Gasteiger partial charge in [0.1, 0.15) is 0 Å². The van der Waals surface area contributed by atoms with Crippen molar-refractivity contribution in [1.29, 1.82) is 0 Å². The molecule has 0 bridgehead atoms. The minimum absolute atomic E-state index is 0.0925. The number of fused-ring (bicyclic) bond motifs is 2. The van der Waals surface area contributed by atoms with Gasteiger partial charge in [-0.25, -0.2) is 0 Å². The summed E-state index contributed by atoms with van der Waals surface area (Å²) in [5.74, 6) is 0.247. The molecular weight excluding hydrogens is 388 g/mol. The summed E-state index contributed by atoms with van der Waals surface area (Å²) in [4.78, 5) is 13.5. The smallest absolute Gasteiger partial charge is 0.193 e. The van der Waals surface area contributed by atoms with Crippen LogP contribution in [-0.2, 0) is 6.42 Å². The molecule has 0 unspecified atom stereocenters. The fourth-order valence-electron chi connectivity index (χ4n) is 5.00. The molecule has 1 heteroatoms. The lowest BCUT2D eigenvalue weighted by atomic mass is 9.78. The Labute approximate surface area is 190 Å². The number of carbonyl (C=O) groups excluding carboxylic acids is 1. The molecular formula is C31H28O. The van der Waals surface area contributed by atoms with E-state index in [4.69, 9.17) is 0 Å². The van der Waals surface area contributed by atoms with Crippen LogP contribution in [0.5, 0.6) is 0 Å². The molecule has 0 radical (unpaired) electrons. The number of ketones is 1. The van der Waals surface area contributed by atoms with E-state index < -0.39 is 0 Å². The third-order valence-electron chi connectivity index (χ3n) is 6.76. The van der Waals surface area contributed by atoms with Crippen molar-refractivity contribution in [3.63, 3.8) is 0 Å². The lowest BCUT2D eigenvalue weighted by molar-refractivity contribution is 0.103. The Hall–Kier alpha value is -3.45. The van der Waals surface area contributed by atoms with Gasteiger partial charge in [0.2, 0.25) is 0 Å². The van der Waals surface area contributed by atoms with Gasteiger partial charge >= 0.3 is 0 Å². The van der Waals surface area contributed by atoms with E-state index in [1.54, 1.807) is 0 Å². The van der Waals surface area contributed by atoms with Crippen molar-refractivity contribution in [1.82, 2.24) is 0 Å². The molecule has 0 aliphatic heterocycles. The summed E-state index contributed by atoms with van der Waals surface area (Å²) in [6.45, 7) is 8.41. The van der Waals surface area contributed by atoms with Crippen molar-refractivity contribution < 1.29 is 4.79 Å². The van der Waals surface area contributed by atoms with Gasteiger partial charge in [-0.3, -0.25) is 4.79 Å². The molecule has 0 amide bonds. The summed E-state index contributed by atoms with van der Waals surface area (Å²) < 4.78 is 0. The highest BCUT2D eigenvalue weighted by Gasteiger charge is 2.27. The van der Waals surface area contributed by atoms with E-state index in [9.17, 15) is 4.79 Å². The Bertz CT molecular complexity index is 1280. The van der Waals surface area contributed by atoms with Gasteiger partial charge in [0.05, 0.1) is 0 Å². The maximum Gasteiger partial charge on any atom is 0.193 e. The maximum atomic E-state index is 13.5. The molecule has 1 aliphatic rings. The first kappa shape index (κ1) is 20.5. The van der Waals surface area contributed by atoms with Crippen molar-refractivity contribution in [2.75, 3.05) is 0 Å². The molecule has 0 spiro atoms. The summed E-state index contributed by atoms with van der Waals surface area (Å²) in [5, 5.41) is 0. The zero-order valence-corrected chi connectivity index (χ0v) is 19.2. The van der Waals surface area contributed by atoms with Crippen molar-refractivity contribution >= 4 is 5.78 Å². The Balaban J connectivity index is 1.64. The van der Waals surface area contributed by atoms with Gasteiger partial charge in [-0.1, -0.05) is 83.4 Å².